The van der Waals surface area contributed by atoms with E-state index in [1.165, 1.54) is 16.5 Å². The number of nitrogens with zero attached hydrogens (tertiary/aromatic N) is 4. The normalized spacial score (nSPS) is 14.6. The molecule has 3 aromatic carbocycles. The van der Waals surface area contributed by atoms with Crippen molar-refractivity contribution in [2.45, 2.75) is 64.6 Å². The van der Waals surface area contributed by atoms with Crippen molar-refractivity contribution < 1.29 is 14.4 Å². The molecule has 1 N–H and O–H groups in total. The Kier molecular flexibility index (Phi) is 7.81. The predicted molar refractivity (Wildman–Crippen MR) is 150 cm³/mol. The van der Waals surface area contributed by atoms with Gasteiger partial charge in [0.05, 0.1) is 11.2 Å². The summed E-state index contributed by atoms with van der Waals surface area (Å²) < 4.78 is 1.54. The quantitative estimate of drug-likeness (QED) is 0.322. The minimum atomic E-state index is -0.976. The van der Waals surface area contributed by atoms with Crippen molar-refractivity contribution in [3.8, 4) is 0 Å². The molecule has 8 nitrogen and oxygen atoms in total. The topological polar surface area (TPSA) is 97.2 Å². The second-order valence-corrected chi connectivity index (χ2v) is 10.2. The van der Waals surface area contributed by atoms with Gasteiger partial charge < -0.3 is 5.32 Å². The van der Waals surface area contributed by atoms with Crippen molar-refractivity contribution in [1.29, 1.82) is 0 Å². The van der Waals surface area contributed by atoms with E-state index >= 15 is 0 Å². The molecule has 0 spiro atoms. The average molecular weight is 524 g/mol. The number of hydrogen-bond acceptors (Lipinski definition) is 5. The highest BCUT2D eigenvalue weighted by molar-refractivity contribution is 6.08. The second kappa shape index (κ2) is 11.6. The van der Waals surface area contributed by atoms with Gasteiger partial charge in [0.2, 0.25) is 11.8 Å². The summed E-state index contributed by atoms with van der Waals surface area (Å²) in [7, 11) is 0. The van der Waals surface area contributed by atoms with Gasteiger partial charge in [-0.3, -0.25) is 19.3 Å². The summed E-state index contributed by atoms with van der Waals surface area (Å²) in [6.07, 6.45) is 5.12. The molecule has 1 aliphatic carbocycles. The first-order valence-corrected chi connectivity index (χ1v) is 13.5. The summed E-state index contributed by atoms with van der Waals surface area (Å²) >= 11 is 0. The van der Waals surface area contributed by atoms with Crippen LogP contribution in [0.4, 0.5) is 5.69 Å². The maximum Gasteiger partial charge on any atom is 0.249 e. The van der Waals surface area contributed by atoms with E-state index in [1.54, 1.807) is 24.3 Å². The maximum absolute atomic E-state index is 14.3. The number of carbonyl (C=O) groups excluding carboxylic acids is 3. The van der Waals surface area contributed by atoms with Crippen LogP contribution in [0, 0.1) is 6.92 Å². The number of hydrogen-bond donors (Lipinski definition) is 1. The molecule has 39 heavy (non-hydrogen) atoms. The van der Waals surface area contributed by atoms with Crippen molar-refractivity contribution in [2.24, 2.45) is 0 Å². The molecule has 0 radical (unpaired) electrons. The van der Waals surface area contributed by atoms with E-state index in [-0.39, 0.29) is 30.2 Å². The van der Waals surface area contributed by atoms with Crippen molar-refractivity contribution in [1.82, 2.24) is 20.3 Å². The lowest BCUT2D eigenvalue weighted by molar-refractivity contribution is -0.127. The Morgan fingerprint density at radius 1 is 0.949 bits per heavy atom. The van der Waals surface area contributed by atoms with Gasteiger partial charge in [-0.2, -0.15) is 0 Å². The van der Waals surface area contributed by atoms with Gasteiger partial charge in [-0.1, -0.05) is 73.0 Å². The molecule has 8 heteroatoms. The SMILES string of the molecule is CC(=O)c1ccccc1N(C(=O)Cn1nnc2ccccc21)[C@@H](C(=O)NC1CCCCC1)c1ccccc1C. The molecular formula is C31H33N5O3. The van der Waals surface area contributed by atoms with E-state index in [2.05, 4.69) is 15.6 Å². The molecule has 200 valence electrons. The molecule has 0 unspecified atom stereocenters. The van der Waals surface area contributed by atoms with Gasteiger partial charge >= 0.3 is 0 Å². The molecule has 1 aliphatic rings. The summed E-state index contributed by atoms with van der Waals surface area (Å²) in [6.45, 7) is 3.25. The first-order chi connectivity index (χ1) is 18.9. The first-order valence-electron chi connectivity index (χ1n) is 13.5. The number of benzene rings is 3. The Morgan fingerprint density at radius 2 is 1.64 bits per heavy atom. The fourth-order valence-corrected chi connectivity index (χ4v) is 5.46. The number of carbonyl (C=O) groups is 3. The summed E-state index contributed by atoms with van der Waals surface area (Å²) in [5.41, 5.74) is 3.74. The van der Waals surface area contributed by atoms with Crippen LogP contribution in [0.1, 0.15) is 66.6 Å². The van der Waals surface area contributed by atoms with E-state index in [4.69, 9.17) is 0 Å². The number of Topliss-reactive ketones (excluding diaryl/α,β-unsaturated/α-hetero) is 1. The highest BCUT2D eigenvalue weighted by atomic mass is 16.2. The fraction of sp³-hybridized carbons (Fsp3) is 0.323. The third-order valence-corrected chi connectivity index (χ3v) is 7.46. The molecule has 0 aliphatic heterocycles. The van der Waals surface area contributed by atoms with E-state index in [1.807, 2.05) is 55.5 Å². The lowest BCUT2D eigenvalue weighted by atomic mass is 9.93. The lowest BCUT2D eigenvalue weighted by Gasteiger charge is -2.35. The van der Waals surface area contributed by atoms with Crippen molar-refractivity contribution in [3.63, 3.8) is 0 Å². The van der Waals surface area contributed by atoms with Crippen LogP contribution < -0.4 is 10.2 Å². The monoisotopic (exact) mass is 523 g/mol. The van der Waals surface area contributed by atoms with Crippen LogP contribution >= 0.6 is 0 Å². The Morgan fingerprint density at radius 3 is 2.41 bits per heavy atom. The van der Waals surface area contributed by atoms with Gasteiger partial charge in [0, 0.05) is 11.6 Å². The summed E-state index contributed by atoms with van der Waals surface area (Å²) in [6, 6.07) is 21.0. The van der Waals surface area contributed by atoms with Gasteiger partial charge in [0.1, 0.15) is 18.1 Å². The zero-order valence-electron chi connectivity index (χ0n) is 22.3. The van der Waals surface area contributed by atoms with Gasteiger partial charge in [0.15, 0.2) is 5.78 Å². The van der Waals surface area contributed by atoms with Crippen molar-refractivity contribution in [2.75, 3.05) is 4.90 Å². The molecule has 5 rings (SSSR count). The van der Waals surface area contributed by atoms with E-state index < -0.39 is 6.04 Å². The smallest absolute Gasteiger partial charge is 0.249 e. The highest BCUT2D eigenvalue weighted by Gasteiger charge is 2.36. The molecular weight excluding hydrogens is 490 g/mol. The molecule has 1 heterocycles. The number of anilines is 1. The molecule has 0 saturated heterocycles. The third kappa shape index (κ3) is 5.60. The lowest BCUT2D eigenvalue weighted by Crippen LogP contribution is -2.48. The fourth-order valence-electron chi connectivity index (χ4n) is 5.46. The van der Waals surface area contributed by atoms with Crippen LogP contribution in [-0.2, 0) is 16.1 Å². The minimum absolute atomic E-state index is 0.0528. The highest BCUT2D eigenvalue weighted by Crippen LogP contribution is 2.33. The van der Waals surface area contributed by atoms with Crippen molar-refractivity contribution in [3.05, 3.63) is 89.5 Å². The standard InChI is InChI=1S/C31H33N5O3/c1-21-12-6-7-15-24(21)30(31(39)32-23-13-4-3-5-14-23)36(27-18-10-8-16-25(27)22(2)37)29(38)20-35-28-19-11-9-17-26(28)33-34-35/h6-12,15-19,23,30H,3-5,13-14,20H2,1-2H3,(H,32,39)/t30-/m1/s1. The first kappa shape index (κ1) is 26.3. The van der Waals surface area contributed by atoms with Crippen LogP contribution in [0.25, 0.3) is 11.0 Å². The number of amides is 2. The van der Waals surface area contributed by atoms with Crippen LogP contribution in [0.2, 0.25) is 0 Å². The number of fused-ring (bicyclic) bond motifs is 1. The van der Waals surface area contributed by atoms with E-state index in [9.17, 15) is 14.4 Å². The summed E-state index contributed by atoms with van der Waals surface area (Å²) in [5.74, 6) is -0.816. The second-order valence-electron chi connectivity index (χ2n) is 10.2. The molecule has 4 aromatic rings. The predicted octanol–water partition coefficient (Wildman–Crippen LogP) is 5.17. The number of ketones is 1. The van der Waals surface area contributed by atoms with Crippen LogP contribution in [-0.4, -0.2) is 38.6 Å². The van der Waals surface area contributed by atoms with Gasteiger partial charge in [-0.15, -0.1) is 5.10 Å². The van der Waals surface area contributed by atoms with E-state index in [0.717, 1.165) is 37.7 Å². The van der Waals surface area contributed by atoms with Gasteiger partial charge in [-0.25, -0.2) is 4.68 Å². The maximum atomic E-state index is 14.3. The van der Waals surface area contributed by atoms with Crippen LogP contribution in [0.3, 0.4) is 0 Å². The Bertz CT molecular complexity index is 1500. The Balaban J connectivity index is 1.63. The number of aryl methyl sites for hydroxylation is 1. The summed E-state index contributed by atoms with van der Waals surface area (Å²) in [5, 5.41) is 11.6. The van der Waals surface area contributed by atoms with Gasteiger partial charge in [-0.05, 0) is 62.1 Å². The molecule has 1 atom stereocenters. The number of aromatic nitrogens is 3. The zero-order valence-corrected chi connectivity index (χ0v) is 22.3. The molecule has 1 saturated carbocycles. The minimum Gasteiger partial charge on any atom is -0.351 e. The number of rotatable bonds is 8. The van der Waals surface area contributed by atoms with Crippen LogP contribution in [0.5, 0.6) is 0 Å². The van der Waals surface area contributed by atoms with Crippen molar-refractivity contribution >= 4 is 34.3 Å². The van der Waals surface area contributed by atoms with Crippen LogP contribution in [0.15, 0.2) is 72.8 Å². The third-order valence-electron chi connectivity index (χ3n) is 7.46. The average Bonchev–Trinajstić information content (AvgIpc) is 3.35. The Hall–Kier alpha value is -4.33. The molecule has 1 aromatic heterocycles. The van der Waals surface area contributed by atoms with E-state index in [0.29, 0.717) is 27.8 Å². The zero-order chi connectivity index (χ0) is 27.4. The largest absolute Gasteiger partial charge is 0.351 e. The molecule has 0 bridgehead atoms. The number of nitrogens with one attached hydrogen (secondary N) is 1. The molecule has 2 amide bonds. The summed E-state index contributed by atoms with van der Waals surface area (Å²) in [4.78, 5) is 42.7. The molecule has 1 fully saturated rings. The Labute approximate surface area is 228 Å². The van der Waals surface area contributed by atoms with Gasteiger partial charge in [0.25, 0.3) is 0 Å². The number of para-hydroxylation sites is 2.